The Labute approximate surface area is 109 Å². The molecule has 0 aliphatic carbocycles. The zero-order valence-electron chi connectivity index (χ0n) is 10.5. The molecule has 0 bridgehead atoms. The van der Waals surface area contributed by atoms with Gasteiger partial charge in [-0.15, -0.1) is 0 Å². The molecule has 0 N–H and O–H groups in total. The van der Waals surface area contributed by atoms with Gasteiger partial charge in [-0.25, -0.2) is 0 Å². The van der Waals surface area contributed by atoms with Crippen LogP contribution in [0.5, 0.6) is 0 Å². The van der Waals surface area contributed by atoms with E-state index in [1.165, 1.54) is 12.1 Å². The van der Waals surface area contributed by atoms with E-state index in [1.807, 2.05) is 6.92 Å². The Morgan fingerprint density at radius 2 is 1.74 bits per heavy atom. The van der Waals surface area contributed by atoms with E-state index < -0.39 is 18.0 Å². The molecule has 1 aliphatic heterocycles. The normalized spacial score (nSPS) is 18.6. The van der Waals surface area contributed by atoms with Gasteiger partial charge < -0.3 is 9.47 Å². The average Bonchev–Trinajstić information content (AvgIpc) is 2.39. The van der Waals surface area contributed by atoms with Crippen LogP contribution in [0.2, 0.25) is 0 Å². The van der Waals surface area contributed by atoms with Gasteiger partial charge in [0.2, 0.25) is 0 Å². The molecule has 0 unspecified atom stereocenters. The zero-order chi connectivity index (χ0) is 13.9. The van der Waals surface area contributed by atoms with Gasteiger partial charge in [-0.1, -0.05) is 18.2 Å². The Kier molecular flexibility index (Phi) is 4.27. The molecule has 5 heteroatoms. The molecule has 1 fully saturated rings. The van der Waals surface area contributed by atoms with Gasteiger partial charge in [-0.05, 0) is 36.6 Å². The van der Waals surface area contributed by atoms with Crippen molar-refractivity contribution in [1.82, 2.24) is 0 Å². The summed E-state index contributed by atoms with van der Waals surface area (Å²) in [6.07, 6.45) is -2.05. The second-order valence-electron chi connectivity index (χ2n) is 4.44. The van der Waals surface area contributed by atoms with Gasteiger partial charge in [-0.2, -0.15) is 13.2 Å². The molecule has 0 spiro atoms. The minimum atomic E-state index is -4.30. The van der Waals surface area contributed by atoms with Crippen LogP contribution >= 0.6 is 0 Å². The molecular weight excluding hydrogens is 257 g/mol. The molecule has 1 saturated heterocycles. The predicted molar refractivity (Wildman–Crippen MR) is 65.4 cm³/mol. The van der Waals surface area contributed by atoms with Crippen LogP contribution in [0, 0.1) is 0 Å². The van der Waals surface area contributed by atoms with Gasteiger partial charge in [0.25, 0.3) is 0 Å². The Balaban J connectivity index is 2.09. The highest BCUT2D eigenvalue weighted by molar-refractivity contribution is 5.53. The van der Waals surface area contributed by atoms with Crippen LogP contribution in [0.25, 0.3) is 6.08 Å². The van der Waals surface area contributed by atoms with Crippen molar-refractivity contribution in [3.63, 3.8) is 0 Å². The highest BCUT2D eigenvalue weighted by Crippen LogP contribution is 2.29. The molecule has 0 atom stereocenters. The average molecular weight is 272 g/mol. The van der Waals surface area contributed by atoms with Crippen LogP contribution in [0.3, 0.4) is 0 Å². The van der Waals surface area contributed by atoms with Gasteiger partial charge in [-0.3, -0.25) is 0 Å². The second kappa shape index (κ2) is 5.75. The number of hydrogen-bond donors (Lipinski definition) is 0. The molecule has 19 heavy (non-hydrogen) atoms. The first-order chi connectivity index (χ1) is 8.97. The van der Waals surface area contributed by atoms with Crippen LogP contribution < -0.4 is 0 Å². The first-order valence-electron chi connectivity index (χ1n) is 6.05. The molecule has 1 aromatic rings. The number of halogens is 3. The molecule has 104 valence electrons. The van der Waals surface area contributed by atoms with Crippen molar-refractivity contribution in [3.05, 3.63) is 41.0 Å². The van der Waals surface area contributed by atoms with Gasteiger partial charge in [0, 0.05) is 0 Å². The maximum absolute atomic E-state index is 12.4. The lowest BCUT2D eigenvalue weighted by Gasteiger charge is -2.23. The van der Waals surface area contributed by atoms with Crippen LogP contribution in [0.15, 0.2) is 29.8 Å². The van der Waals surface area contributed by atoms with Crippen molar-refractivity contribution in [3.8, 4) is 0 Å². The summed E-state index contributed by atoms with van der Waals surface area (Å²) >= 11 is 0. The third kappa shape index (κ3) is 3.81. The number of ether oxygens (including phenoxy) is 2. The van der Waals surface area contributed by atoms with E-state index in [1.54, 1.807) is 6.08 Å². The van der Waals surface area contributed by atoms with Crippen molar-refractivity contribution in [2.24, 2.45) is 0 Å². The van der Waals surface area contributed by atoms with Gasteiger partial charge in [0.05, 0.1) is 18.8 Å². The fraction of sp³-hybridized carbons (Fsp3) is 0.429. The molecule has 0 radical (unpaired) electrons. The van der Waals surface area contributed by atoms with E-state index in [2.05, 4.69) is 0 Å². The molecule has 1 heterocycles. The molecule has 0 aromatic heterocycles. The highest BCUT2D eigenvalue weighted by atomic mass is 19.4. The van der Waals surface area contributed by atoms with E-state index in [9.17, 15) is 13.2 Å². The Morgan fingerprint density at radius 3 is 2.26 bits per heavy atom. The number of benzene rings is 1. The third-order valence-electron chi connectivity index (χ3n) is 2.83. The van der Waals surface area contributed by atoms with Crippen LogP contribution in [-0.4, -0.2) is 19.5 Å². The topological polar surface area (TPSA) is 18.5 Å². The smallest absolute Gasteiger partial charge is 0.349 e. The lowest BCUT2D eigenvalue weighted by Crippen LogP contribution is -2.25. The lowest BCUT2D eigenvalue weighted by atomic mass is 10.1. The predicted octanol–water partition coefficient (Wildman–Crippen LogP) is 3.87. The van der Waals surface area contributed by atoms with Crippen molar-refractivity contribution < 1.29 is 22.6 Å². The van der Waals surface area contributed by atoms with E-state index in [0.717, 1.165) is 24.1 Å². The number of hydrogen-bond acceptors (Lipinski definition) is 2. The molecule has 0 amide bonds. The fourth-order valence-electron chi connectivity index (χ4n) is 1.85. The van der Waals surface area contributed by atoms with Gasteiger partial charge in [0.15, 0.2) is 6.29 Å². The lowest BCUT2D eigenvalue weighted by molar-refractivity contribution is -0.155. The second-order valence-corrected chi connectivity index (χ2v) is 4.44. The largest absolute Gasteiger partial charge is 0.416 e. The van der Waals surface area contributed by atoms with Crippen LogP contribution in [0.4, 0.5) is 13.2 Å². The van der Waals surface area contributed by atoms with Crippen LogP contribution in [-0.2, 0) is 15.7 Å². The molecular formula is C14H15F3O2. The van der Waals surface area contributed by atoms with Crippen molar-refractivity contribution in [2.45, 2.75) is 25.8 Å². The Morgan fingerprint density at radius 1 is 1.16 bits per heavy atom. The van der Waals surface area contributed by atoms with E-state index in [0.29, 0.717) is 18.8 Å². The summed E-state index contributed by atoms with van der Waals surface area (Å²) in [6.45, 7) is 3.12. The maximum atomic E-state index is 12.4. The minimum absolute atomic E-state index is 0.393. The Bertz CT molecular complexity index is 443. The number of rotatable bonds is 2. The molecule has 1 aliphatic rings. The summed E-state index contributed by atoms with van der Waals surface area (Å²) in [5, 5.41) is 0. The monoisotopic (exact) mass is 272 g/mol. The van der Waals surface area contributed by atoms with Gasteiger partial charge in [0.1, 0.15) is 0 Å². The summed E-state index contributed by atoms with van der Waals surface area (Å²) < 4.78 is 48.1. The summed E-state index contributed by atoms with van der Waals surface area (Å²) in [6, 6.07) is 5.02. The maximum Gasteiger partial charge on any atom is 0.416 e. The van der Waals surface area contributed by atoms with Crippen molar-refractivity contribution >= 4 is 6.08 Å². The van der Waals surface area contributed by atoms with E-state index in [-0.39, 0.29) is 0 Å². The van der Waals surface area contributed by atoms with E-state index >= 15 is 0 Å². The quantitative estimate of drug-likeness (QED) is 0.813. The SMILES string of the molecule is C/C(=C\c1ccc(C(F)(F)F)cc1)C1OCCCO1. The molecule has 1 aromatic carbocycles. The van der Waals surface area contributed by atoms with Crippen molar-refractivity contribution in [2.75, 3.05) is 13.2 Å². The summed E-state index contributed by atoms with van der Waals surface area (Å²) in [5.41, 5.74) is 0.898. The van der Waals surface area contributed by atoms with Gasteiger partial charge >= 0.3 is 6.18 Å². The number of alkyl halides is 3. The minimum Gasteiger partial charge on any atom is -0.349 e. The Hall–Kier alpha value is -1.33. The highest BCUT2D eigenvalue weighted by Gasteiger charge is 2.29. The first kappa shape index (κ1) is 14.1. The summed E-state index contributed by atoms with van der Waals surface area (Å²) in [7, 11) is 0. The molecule has 0 saturated carbocycles. The van der Waals surface area contributed by atoms with E-state index in [4.69, 9.17) is 9.47 Å². The zero-order valence-corrected chi connectivity index (χ0v) is 10.5. The molecule has 2 rings (SSSR count). The summed E-state index contributed by atoms with van der Waals surface area (Å²) in [5.74, 6) is 0. The standard InChI is InChI=1S/C14H15F3O2/c1-10(13-18-7-2-8-19-13)9-11-3-5-12(6-4-11)14(15,16)17/h3-6,9,13H,2,7-8H2,1H3/b10-9+. The summed E-state index contributed by atoms with van der Waals surface area (Å²) in [4.78, 5) is 0. The fourth-order valence-corrected chi connectivity index (χ4v) is 1.85. The molecule has 2 nitrogen and oxygen atoms in total. The first-order valence-corrected chi connectivity index (χ1v) is 6.05. The third-order valence-corrected chi connectivity index (χ3v) is 2.83. The van der Waals surface area contributed by atoms with Crippen molar-refractivity contribution in [1.29, 1.82) is 0 Å². The van der Waals surface area contributed by atoms with Crippen LogP contribution in [0.1, 0.15) is 24.5 Å².